The van der Waals surface area contributed by atoms with E-state index < -0.39 is 0 Å². The number of pyridine rings is 1. The van der Waals surface area contributed by atoms with E-state index in [1.807, 2.05) is 0 Å². The van der Waals surface area contributed by atoms with Crippen molar-refractivity contribution in [1.29, 1.82) is 0 Å². The third-order valence-electron chi connectivity index (χ3n) is 1.71. The molecule has 0 aromatic carbocycles. The zero-order valence-electron chi connectivity index (χ0n) is 8.00. The van der Waals surface area contributed by atoms with Crippen molar-refractivity contribution in [2.75, 3.05) is 6.61 Å². The molecule has 4 heteroatoms. The fraction of sp³-hybridized carbons (Fsp3) is 0.400. The molecule has 0 N–H and O–H groups in total. The van der Waals surface area contributed by atoms with Gasteiger partial charge in [0.15, 0.2) is 0 Å². The summed E-state index contributed by atoms with van der Waals surface area (Å²) in [4.78, 5) is 15.1. The molecule has 1 heterocycles. The third-order valence-corrected chi connectivity index (χ3v) is 2.05. The molecule has 0 amide bonds. The number of carbonyl (C=O) groups is 1. The fourth-order valence-electron chi connectivity index (χ4n) is 1.06. The van der Waals surface area contributed by atoms with E-state index >= 15 is 0 Å². The van der Waals surface area contributed by atoms with Gasteiger partial charge in [-0.3, -0.25) is 9.78 Å². The van der Waals surface area contributed by atoms with Crippen LogP contribution < -0.4 is 0 Å². The number of halogens is 1. The van der Waals surface area contributed by atoms with Gasteiger partial charge in [-0.2, -0.15) is 0 Å². The van der Waals surface area contributed by atoms with Crippen LogP contribution in [0.3, 0.4) is 0 Å². The number of nitrogens with zero attached hydrogens (tertiary/aromatic N) is 1. The lowest BCUT2D eigenvalue weighted by Gasteiger charge is -2.02. The first-order valence-corrected chi connectivity index (χ1v) is 4.87. The number of hydrogen-bond acceptors (Lipinski definition) is 3. The lowest BCUT2D eigenvalue weighted by molar-refractivity contribution is -0.143. The lowest BCUT2D eigenvalue weighted by atomic mass is 10.2. The molecule has 0 aliphatic heterocycles. The lowest BCUT2D eigenvalue weighted by Crippen LogP contribution is -2.06. The highest BCUT2D eigenvalue weighted by Crippen LogP contribution is 2.13. The summed E-state index contributed by atoms with van der Waals surface area (Å²) in [6.07, 6.45) is 2.51. The van der Waals surface area contributed by atoms with Crippen molar-refractivity contribution in [1.82, 2.24) is 4.98 Å². The molecular weight excluding hydrogens is 202 g/mol. The van der Waals surface area contributed by atoms with Gasteiger partial charge in [0.25, 0.3) is 0 Å². The molecule has 0 saturated carbocycles. The summed E-state index contributed by atoms with van der Waals surface area (Å²) in [6, 6.07) is 3.52. The predicted molar refractivity (Wildman–Crippen MR) is 54.2 cm³/mol. The van der Waals surface area contributed by atoms with Gasteiger partial charge in [-0.05, 0) is 19.1 Å². The standard InChI is InChI=1S/C10H12ClNO2/c1-2-14-10(13)6-5-9-8(11)4-3-7-12-9/h3-4,7H,2,5-6H2,1H3. The van der Waals surface area contributed by atoms with E-state index in [-0.39, 0.29) is 5.97 Å². The fourth-order valence-corrected chi connectivity index (χ4v) is 1.27. The summed E-state index contributed by atoms with van der Waals surface area (Å²) in [5, 5.41) is 0.594. The second kappa shape index (κ2) is 5.60. The molecular formula is C10H12ClNO2. The van der Waals surface area contributed by atoms with Crippen molar-refractivity contribution in [3.8, 4) is 0 Å². The summed E-state index contributed by atoms with van der Waals surface area (Å²) in [5.74, 6) is -0.214. The van der Waals surface area contributed by atoms with Gasteiger partial charge in [0.2, 0.25) is 0 Å². The van der Waals surface area contributed by atoms with Gasteiger partial charge in [0.05, 0.1) is 23.7 Å². The minimum atomic E-state index is -0.214. The molecule has 0 unspecified atom stereocenters. The minimum absolute atomic E-state index is 0.214. The average molecular weight is 214 g/mol. The van der Waals surface area contributed by atoms with Crippen molar-refractivity contribution in [3.63, 3.8) is 0 Å². The number of carbonyl (C=O) groups excluding carboxylic acids is 1. The van der Waals surface area contributed by atoms with Crippen molar-refractivity contribution in [3.05, 3.63) is 29.0 Å². The number of aryl methyl sites for hydroxylation is 1. The molecule has 1 rings (SSSR count). The van der Waals surface area contributed by atoms with Crippen LogP contribution in [-0.4, -0.2) is 17.6 Å². The highest BCUT2D eigenvalue weighted by atomic mass is 35.5. The number of hydrogen-bond donors (Lipinski definition) is 0. The number of rotatable bonds is 4. The molecule has 0 aliphatic carbocycles. The third kappa shape index (κ3) is 3.34. The summed E-state index contributed by atoms with van der Waals surface area (Å²) in [6.45, 7) is 2.19. The Balaban J connectivity index is 2.46. The number of ether oxygens (including phenoxy) is 1. The Morgan fingerprint density at radius 2 is 2.43 bits per heavy atom. The Morgan fingerprint density at radius 3 is 3.07 bits per heavy atom. The molecule has 14 heavy (non-hydrogen) atoms. The van der Waals surface area contributed by atoms with Crippen LogP contribution in [0.15, 0.2) is 18.3 Å². The largest absolute Gasteiger partial charge is 0.466 e. The van der Waals surface area contributed by atoms with E-state index in [0.717, 1.165) is 5.69 Å². The van der Waals surface area contributed by atoms with Gasteiger partial charge in [-0.1, -0.05) is 11.6 Å². The summed E-state index contributed by atoms with van der Waals surface area (Å²) >= 11 is 5.87. The first-order valence-electron chi connectivity index (χ1n) is 4.49. The highest BCUT2D eigenvalue weighted by Gasteiger charge is 2.05. The number of esters is 1. The van der Waals surface area contributed by atoms with Crippen LogP contribution in [0.4, 0.5) is 0 Å². The Morgan fingerprint density at radius 1 is 1.64 bits per heavy atom. The Hall–Kier alpha value is -1.09. The Bertz CT molecular complexity index is 315. The minimum Gasteiger partial charge on any atom is -0.466 e. The zero-order valence-corrected chi connectivity index (χ0v) is 8.75. The monoisotopic (exact) mass is 213 g/mol. The topological polar surface area (TPSA) is 39.2 Å². The van der Waals surface area contributed by atoms with Crippen LogP contribution in [0.25, 0.3) is 0 Å². The van der Waals surface area contributed by atoms with Gasteiger partial charge in [0.1, 0.15) is 0 Å². The molecule has 1 aromatic rings. The first-order chi connectivity index (χ1) is 6.74. The molecule has 0 fully saturated rings. The van der Waals surface area contributed by atoms with E-state index in [2.05, 4.69) is 4.98 Å². The molecule has 1 aromatic heterocycles. The summed E-state index contributed by atoms with van der Waals surface area (Å²) in [7, 11) is 0. The van der Waals surface area contributed by atoms with Gasteiger partial charge in [0, 0.05) is 12.6 Å². The molecule has 0 bridgehead atoms. The van der Waals surface area contributed by atoms with Crippen molar-refractivity contribution >= 4 is 17.6 Å². The zero-order chi connectivity index (χ0) is 10.4. The average Bonchev–Trinajstić information content (AvgIpc) is 2.17. The molecule has 0 saturated heterocycles. The maximum atomic E-state index is 11.0. The van der Waals surface area contributed by atoms with Crippen LogP contribution in [0.2, 0.25) is 5.02 Å². The second-order valence-corrected chi connectivity index (χ2v) is 3.14. The van der Waals surface area contributed by atoms with E-state index in [1.54, 1.807) is 25.3 Å². The maximum absolute atomic E-state index is 11.0. The quantitative estimate of drug-likeness (QED) is 0.720. The molecule has 76 valence electrons. The normalized spacial score (nSPS) is 9.86. The number of aromatic nitrogens is 1. The van der Waals surface area contributed by atoms with Gasteiger partial charge in [-0.25, -0.2) is 0 Å². The molecule has 0 radical (unpaired) electrons. The van der Waals surface area contributed by atoms with Crippen molar-refractivity contribution < 1.29 is 9.53 Å². The van der Waals surface area contributed by atoms with Crippen LogP contribution in [0.1, 0.15) is 19.0 Å². The summed E-state index contributed by atoms with van der Waals surface area (Å²) in [5.41, 5.74) is 0.738. The molecule has 0 spiro atoms. The van der Waals surface area contributed by atoms with Crippen LogP contribution in [0, 0.1) is 0 Å². The van der Waals surface area contributed by atoms with Crippen LogP contribution in [-0.2, 0) is 16.0 Å². The van der Waals surface area contributed by atoms with E-state index in [1.165, 1.54) is 0 Å². The van der Waals surface area contributed by atoms with E-state index in [0.29, 0.717) is 24.5 Å². The van der Waals surface area contributed by atoms with Crippen LogP contribution >= 0.6 is 11.6 Å². The summed E-state index contributed by atoms with van der Waals surface area (Å²) < 4.78 is 4.79. The Labute approximate surface area is 88.1 Å². The van der Waals surface area contributed by atoms with Crippen LogP contribution in [0.5, 0.6) is 0 Å². The van der Waals surface area contributed by atoms with E-state index in [9.17, 15) is 4.79 Å². The SMILES string of the molecule is CCOC(=O)CCc1ncccc1Cl. The van der Waals surface area contributed by atoms with Crippen molar-refractivity contribution in [2.45, 2.75) is 19.8 Å². The van der Waals surface area contributed by atoms with Gasteiger partial charge in [-0.15, -0.1) is 0 Å². The molecule has 3 nitrogen and oxygen atoms in total. The Kier molecular flexibility index (Phi) is 4.40. The molecule has 0 aliphatic rings. The van der Waals surface area contributed by atoms with Crippen molar-refractivity contribution in [2.24, 2.45) is 0 Å². The predicted octanol–water partition coefficient (Wildman–Crippen LogP) is 2.23. The van der Waals surface area contributed by atoms with Gasteiger partial charge >= 0.3 is 5.97 Å². The van der Waals surface area contributed by atoms with Gasteiger partial charge < -0.3 is 4.74 Å². The molecule has 0 atom stereocenters. The smallest absolute Gasteiger partial charge is 0.306 e. The maximum Gasteiger partial charge on any atom is 0.306 e. The highest BCUT2D eigenvalue weighted by molar-refractivity contribution is 6.31. The second-order valence-electron chi connectivity index (χ2n) is 2.74. The first kappa shape index (κ1) is 11.0. The van der Waals surface area contributed by atoms with E-state index in [4.69, 9.17) is 16.3 Å².